The van der Waals surface area contributed by atoms with Crippen LogP contribution in [0.4, 0.5) is 0 Å². The Hall–Kier alpha value is -0.0800. The van der Waals surface area contributed by atoms with Crippen LogP contribution >= 0.6 is 0 Å². The van der Waals surface area contributed by atoms with Gasteiger partial charge in [-0.1, -0.05) is 27.2 Å². The average Bonchev–Trinajstić information content (AvgIpc) is 2.12. The number of nitrogens with one attached hydrogen (secondary N) is 1. The van der Waals surface area contributed by atoms with Crippen molar-refractivity contribution in [2.75, 3.05) is 7.11 Å². The van der Waals surface area contributed by atoms with Crippen LogP contribution in [0.1, 0.15) is 47.0 Å². The molecule has 0 spiro atoms. The van der Waals surface area contributed by atoms with Crippen molar-refractivity contribution in [2.24, 2.45) is 5.41 Å². The van der Waals surface area contributed by atoms with Gasteiger partial charge in [-0.3, -0.25) is 0 Å². The Bertz CT molecular complexity index is 179. The fourth-order valence-electron chi connectivity index (χ4n) is 2.43. The Balaban J connectivity index is 2.35. The maximum Gasteiger partial charge on any atom is 0.0652 e. The molecule has 0 aromatic rings. The van der Waals surface area contributed by atoms with Crippen LogP contribution in [-0.4, -0.2) is 25.3 Å². The second-order valence-electron chi connectivity index (χ2n) is 5.19. The quantitative estimate of drug-likeness (QED) is 0.735. The molecule has 0 heterocycles. The van der Waals surface area contributed by atoms with Crippen molar-refractivity contribution >= 4 is 0 Å². The molecular weight excluding hydrogens is 174 g/mol. The number of methoxy groups -OCH3 is 1. The Morgan fingerprint density at radius 2 is 2.14 bits per heavy atom. The Labute approximate surface area is 88.4 Å². The van der Waals surface area contributed by atoms with Gasteiger partial charge in [0.25, 0.3) is 0 Å². The third-order valence-electron chi connectivity index (χ3n) is 3.67. The Kier molecular flexibility index (Phi) is 3.96. The van der Waals surface area contributed by atoms with Gasteiger partial charge in [0.05, 0.1) is 6.10 Å². The van der Waals surface area contributed by atoms with Crippen LogP contribution in [0, 0.1) is 5.41 Å². The van der Waals surface area contributed by atoms with E-state index in [1.165, 1.54) is 12.8 Å². The molecule has 0 aromatic carbocycles. The fourth-order valence-corrected chi connectivity index (χ4v) is 2.43. The van der Waals surface area contributed by atoms with Gasteiger partial charge in [0.1, 0.15) is 0 Å². The van der Waals surface area contributed by atoms with Gasteiger partial charge in [0.2, 0.25) is 0 Å². The fraction of sp³-hybridized carbons (Fsp3) is 1.00. The Morgan fingerprint density at radius 1 is 1.50 bits per heavy atom. The number of rotatable bonds is 5. The molecule has 0 aromatic heterocycles. The van der Waals surface area contributed by atoms with E-state index < -0.39 is 0 Å². The van der Waals surface area contributed by atoms with E-state index in [0.29, 0.717) is 23.6 Å². The van der Waals surface area contributed by atoms with E-state index in [1.807, 2.05) is 7.11 Å². The van der Waals surface area contributed by atoms with E-state index in [2.05, 4.69) is 33.0 Å². The summed E-state index contributed by atoms with van der Waals surface area (Å²) in [4.78, 5) is 0. The first-order valence-corrected chi connectivity index (χ1v) is 5.81. The van der Waals surface area contributed by atoms with Crippen molar-refractivity contribution in [1.29, 1.82) is 0 Å². The summed E-state index contributed by atoms with van der Waals surface area (Å²) in [6.07, 6.45) is 4.13. The van der Waals surface area contributed by atoms with Crippen molar-refractivity contribution in [3.63, 3.8) is 0 Å². The molecule has 0 bridgehead atoms. The van der Waals surface area contributed by atoms with Gasteiger partial charge in [0.15, 0.2) is 0 Å². The molecule has 1 rings (SSSR count). The van der Waals surface area contributed by atoms with Crippen LogP contribution in [0.15, 0.2) is 0 Å². The highest BCUT2D eigenvalue weighted by Gasteiger charge is 2.48. The molecule has 0 radical (unpaired) electrons. The first-order chi connectivity index (χ1) is 6.52. The highest BCUT2D eigenvalue weighted by atomic mass is 16.5. The van der Waals surface area contributed by atoms with Crippen LogP contribution in [0.5, 0.6) is 0 Å². The van der Waals surface area contributed by atoms with E-state index in [4.69, 9.17) is 4.74 Å². The summed E-state index contributed by atoms with van der Waals surface area (Å²) < 4.78 is 5.43. The molecule has 1 aliphatic rings. The molecule has 0 saturated heterocycles. The molecule has 1 fully saturated rings. The number of hydrogen-bond donors (Lipinski definition) is 1. The van der Waals surface area contributed by atoms with Gasteiger partial charge >= 0.3 is 0 Å². The minimum atomic E-state index is 0.302. The second-order valence-corrected chi connectivity index (χ2v) is 5.19. The molecule has 14 heavy (non-hydrogen) atoms. The average molecular weight is 199 g/mol. The molecule has 3 atom stereocenters. The maximum absolute atomic E-state index is 5.43. The smallest absolute Gasteiger partial charge is 0.0652 e. The lowest BCUT2D eigenvalue weighted by Crippen LogP contribution is -2.62. The lowest BCUT2D eigenvalue weighted by Gasteiger charge is -2.52. The lowest BCUT2D eigenvalue weighted by molar-refractivity contribution is -0.0999. The first kappa shape index (κ1) is 12.0. The van der Waals surface area contributed by atoms with Gasteiger partial charge in [0, 0.05) is 24.6 Å². The third-order valence-corrected chi connectivity index (χ3v) is 3.67. The van der Waals surface area contributed by atoms with Crippen LogP contribution in [-0.2, 0) is 4.74 Å². The third kappa shape index (κ3) is 2.29. The van der Waals surface area contributed by atoms with Crippen LogP contribution in [0.2, 0.25) is 0 Å². The standard InChI is InChI=1S/C12H25NO/c1-6-7-9(2)13-10-8-11(14-5)12(10,3)4/h9-11,13H,6-8H2,1-5H3. The highest BCUT2D eigenvalue weighted by Crippen LogP contribution is 2.42. The van der Waals surface area contributed by atoms with E-state index in [0.717, 1.165) is 6.42 Å². The predicted molar refractivity (Wildman–Crippen MR) is 60.5 cm³/mol. The van der Waals surface area contributed by atoms with Crippen molar-refractivity contribution in [2.45, 2.75) is 65.1 Å². The van der Waals surface area contributed by atoms with Crippen LogP contribution in [0.3, 0.4) is 0 Å². The summed E-state index contributed by atoms with van der Waals surface area (Å²) in [7, 11) is 1.82. The summed E-state index contributed by atoms with van der Waals surface area (Å²) in [6.45, 7) is 9.10. The molecular formula is C12H25NO. The number of ether oxygens (including phenoxy) is 1. The van der Waals surface area contributed by atoms with Gasteiger partial charge in [-0.2, -0.15) is 0 Å². The lowest BCUT2D eigenvalue weighted by atomic mass is 9.64. The number of hydrogen-bond acceptors (Lipinski definition) is 2. The largest absolute Gasteiger partial charge is 0.381 e. The molecule has 2 nitrogen and oxygen atoms in total. The minimum Gasteiger partial charge on any atom is -0.381 e. The van der Waals surface area contributed by atoms with Crippen LogP contribution < -0.4 is 5.32 Å². The normalized spacial score (nSPS) is 32.4. The van der Waals surface area contributed by atoms with E-state index in [9.17, 15) is 0 Å². The molecule has 84 valence electrons. The highest BCUT2D eigenvalue weighted by molar-refractivity contribution is 5.03. The van der Waals surface area contributed by atoms with E-state index in [-0.39, 0.29) is 0 Å². The van der Waals surface area contributed by atoms with E-state index >= 15 is 0 Å². The van der Waals surface area contributed by atoms with Gasteiger partial charge in [-0.25, -0.2) is 0 Å². The van der Waals surface area contributed by atoms with Gasteiger partial charge in [-0.05, 0) is 19.8 Å². The van der Waals surface area contributed by atoms with Gasteiger partial charge < -0.3 is 10.1 Å². The molecule has 0 amide bonds. The van der Waals surface area contributed by atoms with Crippen molar-refractivity contribution in [1.82, 2.24) is 5.32 Å². The molecule has 1 aliphatic carbocycles. The summed E-state index contributed by atoms with van der Waals surface area (Å²) in [5.74, 6) is 0. The van der Waals surface area contributed by atoms with Crippen molar-refractivity contribution in [3.8, 4) is 0 Å². The monoisotopic (exact) mass is 199 g/mol. The maximum atomic E-state index is 5.43. The first-order valence-electron chi connectivity index (χ1n) is 5.81. The molecule has 3 unspecified atom stereocenters. The second kappa shape index (κ2) is 4.63. The zero-order chi connectivity index (χ0) is 10.8. The topological polar surface area (TPSA) is 21.3 Å². The zero-order valence-corrected chi connectivity index (χ0v) is 10.3. The summed E-state index contributed by atoms with van der Waals surface area (Å²) in [5, 5.41) is 3.69. The van der Waals surface area contributed by atoms with Crippen LogP contribution in [0.25, 0.3) is 0 Å². The Morgan fingerprint density at radius 3 is 2.57 bits per heavy atom. The van der Waals surface area contributed by atoms with Gasteiger partial charge in [-0.15, -0.1) is 0 Å². The molecule has 1 N–H and O–H groups in total. The van der Waals surface area contributed by atoms with Crippen molar-refractivity contribution in [3.05, 3.63) is 0 Å². The summed E-state index contributed by atoms with van der Waals surface area (Å²) in [5.41, 5.74) is 0.302. The summed E-state index contributed by atoms with van der Waals surface area (Å²) >= 11 is 0. The zero-order valence-electron chi connectivity index (χ0n) is 10.3. The van der Waals surface area contributed by atoms with Crippen molar-refractivity contribution < 1.29 is 4.74 Å². The predicted octanol–water partition coefficient (Wildman–Crippen LogP) is 2.58. The molecule has 1 saturated carbocycles. The summed E-state index contributed by atoms with van der Waals surface area (Å²) in [6, 6.07) is 1.27. The SMILES string of the molecule is CCCC(C)NC1CC(OC)C1(C)C. The van der Waals surface area contributed by atoms with E-state index in [1.54, 1.807) is 0 Å². The molecule has 0 aliphatic heterocycles. The minimum absolute atomic E-state index is 0.302. The molecule has 2 heteroatoms.